The first-order valence-corrected chi connectivity index (χ1v) is 9.19. The molecule has 0 aliphatic rings. The predicted octanol–water partition coefficient (Wildman–Crippen LogP) is 4.50. The maximum absolute atomic E-state index is 13.8. The summed E-state index contributed by atoms with van der Waals surface area (Å²) in [5.74, 6) is -1.12. The molecule has 0 unspecified atom stereocenters. The number of nitrogens with zero attached hydrogens (tertiary/aromatic N) is 3. The summed E-state index contributed by atoms with van der Waals surface area (Å²) in [6, 6.07) is 16.5. The number of imidazole rings is 1. The number of para-hydroxylation sites is 2. The van der Waals surface area contributed by atoms with Gasteiger partial charge in [-0.1, -0.05) is 12.1 Å². The van der Waals surface area contributed by atoms with Crippen LogP contribution in [0.3, 0.4) is 0 Å². The number of hydrogen-bond acceptors (Lipinski definition) is 6. The van der Waals surface area contributed by atoms with Crippen LogP contribution in [0.4, 0.5) is 4.39 Å². The van der Waals surface area contributed by atoms with E-state index in [1.165, 1.54) is 30.1 Å². The molecule has 2 aromatic heterocycles. The number of nitrogens with one attached hydrogen (secondary N) is 2. The Morgan fingerprint density at radius 2 is 2.10 bits per heavy atom. The van der Waals surface area contributed by atoms with E-state index in [4.69, 9.17) is 9.68 Å². The van der Waals surface area contributed by atoms with Crippen LogP contribution in [0.5, 0.6) is 0 Å². The Kier molecular flexibility index (Phi) is 6.51. The molecule has 0 fully saturated rings. The molecule has 1 amide bonds. The molecule has 0 radical (unpaired) electrons. The van der Waals surface area contributed by atoms with Gasteiger partial charge in [-0.25, -0.2) is 14.8 Å². The Morgan fingerprint density at radius 3 is 2.87 bits per heavy atom. The van der Waals surface area contributed by atoms with Crippen LogP contribution < -0.4 is 5.43 Å². The third-order valence-corrected chi connectivity index (χ3v) is 4.68. The van der Waals surface area contributed by atoms with Gasteiger partial charge in [0.05, 0.1) is 34.4 Å². The summed E-state index contributed by atoms with van der Waals surface area (Å²) in [5, 5.41) is 13.8. The molecular weight excluding hydrogens is 429 g/mol. The molecule has 0 spiro atoms. The number of aromatic nitrogens is 2. The van der Waals surface area contributed by atoms with Gasteiger partial charge < -0.3 is 9.40 Å². The molecule has 0 saturated carbocycles. The SMILES string of the molecule is Cl.N#Cc1ccc(C(=O)NN=Cc2ccc(Sc3nc4ccccc4[nH]3)o2)c(F)c1. The van der Waals surface area contributed by atoms with Crippen LogP contribution in [-0.4, -0.2) is 22.1 Å². The van der Waals surface area contributed by atoms with Crippen LogP contribution in [0.25, 0.3) is 11.0 Å². The van der Waals surface area contributed by atoms with Gasteiger partial charge in [-0.05, 0) is 54.2 Å². The molecule has 150 valence electrons. The lowest BCUT2D eigenvalue weighted by molar-refractivity contribution is 0.0951. The van der Waals surface area contributed by atoms with Crippen LogP contribution in [-0.2, 0) is 0 Å². The molecule has 2 aromatic carbocycles. The average molecular weight is 442 g/mol. The number of H-pyrrole nitrogens is 1. The van der Waals surface area contributed by atoms with E-state index in [1.54, 1.807) is 18.2 Å². The first kappa shape index (κ1) is 21.1. The van der Waals surface area contributed by atoms with Gasteiger partial charge in [0.15, 0.2) is 10.2 Å². The van der Waals surface area contributed by atoms with Gasteiger partial charge in [-0.3, -0.25) is 4.79 Å². The summed E-state index contributed by atoms with van der Waals surface area (Å²) in [7, 11) is 0. The molecule has 2 N–H and O–H groups in total. The van der Waals surface area contributed by atoms with Gasteiger partial charge in [0, 0.05) is 0 Å². The number of fused-ring (bicyclic) bond motifs is 1. The van der Waals surface area contributed by atoms with Crippen molar-refractivity contribution in [2.24, 2.45) is 5.10 Å². The highest BCUT2D eigenvalue weighted by Gasteiger charge is 2.12. The normalized spacial score (nSPS) is 10.7. The van der Waals surface area contributed by atoms with Gasteiger partial charge in [-0.2, -0.15) is 10.4 Å². The van der Waals surface area contributed by atoms with E-state index in [9.17, 15) is 9.18 Å². The maximum Gasteiger partial charge on any atom is 0.274 e. The highest BCUT2D eigenvalue weighted by atomic mass is 35.5. The highest BCUT2D eigenvalue weighted by molar-refractivity contribution is 7.99. The number of nitriles is 1. The number of hydrazone groups is 1. The minimum absolute atomic E-state index is 0. The van der Waals surface area contributed by atoms with Crippen molar-refractivity contribution >= 4 is 47.3 Å². The molecule has 4 rings (SSSR count). The fraction of sp³-hybridized carbons (Fsp3) is 0. The third kappa shape index (κ3) is 4.68. The summed E-state index contributed by atoms with van der Waals surface area (Å²) in [4.78, 5) is 19.6. The number of halogens is 2. The summed E-state index contributed by atoms with van der Waals surface area (Å²) < 4.78 is 19.4. The molecule has 0 atom stereocenters. The summed E-state index contributed by atoms with van der Waals surface area (Å²) in [6.07, 6.45) is 1.31. The molecule has 10 heteroatoms. The smallest absolute Gasteiger partial charge is 0.274 e. The summed E-state index contributed by atoms with van der Waals surface area (Å²) in [5.41, 5.74) is 3.94. The minimum atomic E-state index is -0.792. The van der Waals surface area contributed by atoms with E-state index in [1.807, 2.05) is 24.3 Å². The van der Waals surface area contributed by atoms with E-state index in [0.29, 0.717) is 16.0 Å². The standard InChI is InChI=1S/C20H12FN5O2S.ClH/c21-15-9-12(10-22)5-7-14(15)19(27)26-23-11-13-6-8-18(28-13)29-20-24-16-3-1-2-4-17(16)25-20;/h1-9,11H,(H,24,25)(H,26,27);1H. The molecule has 0 saturated heterocycles. The van der Waals surface area contributed by atoms with E-state index in [2.05, 4.69) is 20.5 Å². The second kappa shape index (κ2) is 9.26. The van der Waals surface area contributed by atoms with Crippen LogP contribution in [0, 0.1) is 17.1 Å². The number of furan rings is 1. The third-order valence-electron chi connectivity index (χ3n) is 3.87. The Balaban J connectivity index is 0.00000256. The Morgan fingerprint density at radius 1 is 1.27 bits per heavy atom. The van der Waals surface area contributed by atoms with Crippen molar-refractivity contribution in [3.8, 4) is 6.07 Å². The second-order valence-corrected chi connectivity index (χ2v) is 6.82. The number of amides is 1. The van der Waals surface area contributed by atoms with Gasteiger partial charge in [0.25, 0.3) is 5.91 Å². The van der Waals surface area contributed by atoms with E-state index in [0.717, 1.165) is 17.1 Å². The summed E-state index contributed by atoms with van der Waals surface area (Å²) in [6.45, 7) is 0. The second-order valence-electron chi connectivity index (χ2n) is 5.82. The zero-order valence-corrected chi connectivity index (χ0v) is 16.8. The van der Waals surface area contributed by atoms with Crippen LogP contribution in [0.1, 0.15) is 21.7 Å². The topological polar surface area (TPSA) is 107 Å². The quantitative estimate of drug-likeness (QED) is 0.350. The lowest BCUT2D eigenvalue weighted by Gasteiger charge is -2.01. The molecule has 4 aromatic rings. The molecule has 7 nitrogen and oxygen atoms in total. The number of benzene rings is 2. The molecular formula is C20H13ClFN5O2S. The van der Waals surface area contributed by atoms with Gasteiger partial charge in [0.1, 0.15) is 11.6 Å². The maximum atomic E-state index is 13.8. The van der Waals surface area contributed by atoms with Crippen LogP contribution >= 0.6 is 24.2 Å². The van der Waals surface area contributed by atoms with Gasteiger partial charge in [0.2, 0.25) is 0 Å². The highest BCUT2D eigenvalue weighted by Crippen LogP contribution is 2.28. The fourth-order valence-electron chi connectivity index (χ4n) is 2.52. The number of hydrogen-bond donors (Lipinski definition) is 2. The zero-order chi connectivity index (χ0) is 20.2. The van der Waals surface area contributed by atoms with Crippen molar-refractivity contribution in [3.05, 3.63) is 77.3 Å². The largest absolute Gasteiger partial charge is 0.448 e. The first-order chi connectivity index (χ1) is 14.1. The van der Waals surface area contributed by atoms with E-state index < -0.39 is 11.7 Å². The lowest BCUT2D eigenvalue weighted by atomic mass is 10.1. The molecule has 0 aliphatic heterocycles. The molecule has 30 heavy (non-hydrogen) atoms. The van der Waals surface area contributed by atoms with Crippen LogP contribution in [0.15, 0.2) is 74.4 Å². The summed E-state index contributed by atoms with van der Waals surface area (Å²) >= 11 is 1.32. The zero-order valence-electron chi connectivity index (χ0n) is 15.1. The number of carbonyl (C=O) groups excluding carboxylic acids is 1. The Bertz CT molecular complexity index is 1240. The van der Waals surface area contributed by atoms with Crippen molar-refractivity contribution in [1.82, 2.24) is 15.4 Å². The first-order valence-electron chi connectivity index (χ1n) is 8.38. The lowest BCUT2D eigenvalue weighted by Crippen LogP contribution is -2.19. The van der Waals surface area contributed by atoms with Gasteiger partial charge in [-0.15, -0.1) is 12.4 Å². The number of carbonyl (C=O) groups is 1. The van der Waals surface area contributed by atoms with Crippen molar-refractivity contribution in [1.29, 1.82) is 5.26 Å². The average Bonchev–Trinajstić information content (AvgIpc) is 3.34. The van der Waals surface area contributed by atoms with E-state index >= 15 is 0 Å². The fourth-order valence-corrected chi connectivity index (χ4v) is 3.28. The minimum Gasteiger partial charge on any atom is -0.448 e. The van der Waals surface area contributed by atoms with Crippen molar-refractivity contribution < 1.29 is 13.6 Å². The van der Waals surface area contributed by atoms with E-state index in [-0.39, 0.29) is 23.5 Å². The predicted molar refractivity (Wildman–Crippen MR) is 112 cm³/mol. The Labute approximate surface area is 180 Å². The molecule has 0 aliphatic carbocycles. The van der Waals surface area contributed by atoms with Gasteiger partial charge >= 0.3 is 0 Å². The number of rotatable bonds is 5. The van der Waals surface area contributed by atoms with Crippen molar-refractivity contribution in [2.75, 3.05) is 0 Å². The molecule has 0 bridgehead atoms. The van der Waals surface area contributed by atoms with Crippen LogP contribution in [0.2, 0.25) is 0 Å². The monoisotopic (exact) mass is 441 g/mol. The van der Waals surface area contributed by atoms with Crippen molar-refractivity contribution in [2.45, 2.75) is 10.2 Å². The number of aromatic amines is 1. The molecule has 2 heterocycles. The Hall–Kier alpha value is -3.61. The van der Waals surface area contributed by atoms with Crippen molar-refractivity contribution in [3.63, 3.8) is 0 Å².